The zero-order valence-electron chi connectivity index (χ0n) is 9.41. The number of aliphatic imine (C=N–C) groups is 1. The number of nitrogens with two attached hydrogens (primary N) is 2. The van der Waals surface area contributed by atoms with Crippen molar-refractivity contribution in [2.45, 2.75) is 0 Å². The monoisotopic (exact) mass is 245 g/mol. The van der Waals surface area contributed by atoms with Crippen LogP contribution in [-0.4, -0.2) is 16.1 Å². The molecule has 4 N–H and O–H groups in total. The SMILES string of the molecule is C=COc1cccc(N=C(N)c2nonc2N)c1. The molecule has 0 fully saturated rings. The third-order valence-electron chi connectivity index (χ3n) is 2.04. The molecule has 0 spiro atoms. The van der Waals surface area contributed by atoms with E-state index < -0.39 is 0 Å². The Labute approximate surface area is 103 Å². The predicted molar refractivity (Wildman–Crippen MR) is 66.4 cm³/mol. The molecule has 7 nitrogen and oxygen atoms in total. The molecule has 0 unspecified atom stereocenters. The van der Waals surface area contributed by atoms with Gasteiger partial charge in [0, 0.05) is 6.07 Å². The summed E-state index contributed by atoms with van der Waals surface area (Å²) in [6.07, 6.45) is 1.33. The van der Waals surface area contributed by atoms with Crippen LogP contribution in [0.4, 0.5) is 11.5 Å². The first-order valence-electron chi connectivity index (χ1n) is 5.01. The van der Waals surface area contributed by atoms with Crippen molar-refractivity contribution >= 4 is 17.3 Å². The number of rotatable bonds is 4. The highest BCUT2D eigenvalue weighted by molar-refractivity contribution is 6.00. The quantitative estimate of drug-likeness (QED) is 0.475. The highest BCUT2D eigenvalue weighted by Crippen LogP contribution is 2.20. The lowest BCUT2D eigenvalue weighted by molar-refractivity contribution is 0.308. The molecule has 0 saturated carbocycles. The maximum atomic E-state index is 5.74. The molecule has 1 heterocycles. The smallest absolute Gasteiger partial charge is 0.199 e. The molecule has 1 aromatic heterocycles. The van der Waals surface area contributed by atoms with Gasteiger partial charge in [-0.05, 0) is 22.4 Å². The first-order chi connectivity index (χ1) is 8.70. The van der Waals surface area contributed by atoms with E-state index in [1.807, 2.05) is 0 Å². The van der Waals surface area contributed by atoms with Crippen molar-refractivity contribution in [2.24, 2.45) is 10.7 Å². The molecule has 0 radical (unpaired) electrons. The minimum absolute atomic E-state index is 0.0924. The number of amidine groups is 1. The van der Waals surface area contributed by atoms with Crippen molar-refractivity contribution < 1.29 is 9.37 Å². The largest absolute Gasteiger partial charge is 0.466 e. The van der Waals surface area contributed by atoms with Crippen LogP contribution in [0, 0.1) is 0 Å². The Morgan fingerprint density at radius 2 is 2.28 bits per heavy atom. The average Bonchev–Trinajstić information content (AvgIpc) is 2.76. The standard InChI is InChI=1S/C11H11N5O2/c1-2-17-8-5-3-4-7(6-8)14-10(12)9-11(13)16-18-15-9/h2-6H,1H2,(H2,12,14)(H2,13,16). The van der Waals surface area contributed by atoms with Gasteiger partial charge in [0.1, 0.15) is 5.75 Å². The number of ether oxygens (including phenoxy) is 1. The summed E-state index contributed by atoms with van der Waals surface area (Å²) in [6.45, 7) is 3.47. The van der Waals surface area contributed by atoms with E-state index in [2.05, 4.69) is 26.5 Å². The number of benzene rings is 1. The number of nitrogens with zero attached hydrogens (tertiary/aromatic N) is 3. The molecule has 0 bridgehead atoms. The summed E-state index contributed by atoms with van der Waals surface area (Å²) in [5.41, 5.74) is 12.1. The third kappa shape index (κ3) is 2.46. The second-order valence-corrected chi connectivity index (χ2v) is 3.28. The molecule has 0 atom stereocenters. The fourth-order valence-electron chi connectivity index (χ4n) is 1.29. The van der Waals surface area contributed by atoms with E-state index in [-0.39, 0.29) is 17.3 Å². The molecule has 0 aliphatic rings. The van der Waals surface area contributed by atoms with Crippen LogP contribution >= 0.6 is 0 Å². The summed E-state index contributed by atoms with van der Waals surface area (Å²) in [7, 11) is 0. The fourth-order valence-corrected chi connectivity index (χ4v) is 1.29. The number of nitrogen functional groups attached to an aromatic ring is 1. The number of hydrogen-bond donors (Lipinski definition) is 2. The summed E-state index contributed by atoms with van der Waals surface area (Å²) in [5, 5.41) is 6.98. The number of anilines is 1. The molecule has 1 aromatic carbocycles. The molecular weight excluding hydrogens is 234 g/mol. The van der Waals surface area contributed by atoms with E-state index in [0.29, 0.717) is 11.4 Å². The van der Waals surface area contributed by atoms with Crippen molar-refractivity contribution in [2.75, 3.05) is 5.73 Å². The van der Waals surface area contributed by atoms with Crippen molar-refractivity contribution in [3.8, 4) is 5.75 Å². The van der Waals surface area contributed by atoms with Crippen molar-refractivity contribution in [3.63, 3.8) is 0 Å². The van der Waals surface area contributed by atoms with Crippen LogP contribution in [0.25, 0.3) is 0 Å². The first kappa shape index (κ1) is 11.6. The number of aromatic nitrogens is 2. The third-order valence-corrected chi connectivity index (χ3v) is 2.04. The van der Waals surface area contributed by atoms with Gasteiger partial charge >= 0.3 is 0 Å². The highest BCUT2D eigenvalue weighted by atomic mass is 16.6. The Kier molecular flexibility index (Phi) is 3.24. The van der Waals surface area contributed by atoms with E-state index in [4.69, 9.17) is 16.2 Å². The van der Waals surface area contributed by atoms with Crippen molar-refractivity contribution in [1.29, 1.82) is 0 Å². The van der Waals surface area contributed by atoms with Crippen LogP contribution in [0.15, 0.2) is 46.7 Å². The van der Waals surface area contributed by atoms with Crippen LogP contribution in [-0.2, 0) is 0 Å². The summed E-state index contributed by atoms with van der Waals surface area (Å²) in [5.74, 6) is 0.810. The van der Waals surface area contributed by atoms with Gasteiger partial charge in [-0.1, -0.05) is 12.6 Å². The van der Waals surface area contributed by atoms with Gasteiger partial charge in [0.15, 0.2) is 17.3 Å². The second-order valence-electron chi connectivity index (χ2n) is 3.28. The van der Waals surface area contributed by atoms with E-state index in [0.717, 1.165) is 0 Å². The van der Waals surface area contributed by atoms with Crippen molar-refractivity contribution in [1.82, 2.24) is 10.3 Å². The maximum Gasteiger partial charge on any atom is 0.199 e. The lowest BCUT2D eigenvalue weighted by atomic mass is 10.3. The van der Waals surface area contributed by atoms with Crippen molar-refractivity contribution in [3.05, 3.63) is 42.8 Å². The normalized spacial score (nSPS) is 11.2. The minimum atomic E-state index is 0.0924. The van der Waals surface area contributed by atoms with Crippen LogP contribution in [0.3, 0.4) is 0 Å². The first-order valence-corrected chi connectivity index (χ1v) is 5.01. The van der Waals surface area contributed by atoms with Gasteiger partial charge in [-0.3, -0.25) is 0 Å². The molecule has 92 valence electrons. The van der Waals surface area contributed by atoms with E-state index in [9.17, 15) is 0 Å². The van der Waals surface area contributed by atoms with E-state index >= 15 is 0 Å². The van der Waals surface area contributed by atoms with Gasteiger partial charge in [0.05, 0.1) is 11.9 Å². The maximum absolute atomic E-state index is 5.74. The molecule has 18 heavy (non-hydrogen) atoms. The summed E-state index contributed by atoms with van der Waals surface area (Å²) in [6, 6.07) is 6.99. The molecule has 0 aliphatic heterocycles. The Morgan fingerprint density at radius 3 is 2.94 bits per heavy atom. The van der Waals surface area contributed by atoms with Crippen LogP contribution in [0.1, 0.15) is 5.69 Å². The minimum Gasteiger partial charge on any atom is -0.466 e. The summed E-state index contributed by atoms with van der Waals surface area (Å²) in [4.78, 5) is 4.14. The molecular formula is C11H11N5O2. The van der Waals surface area contributed by atoms with Gasteiger partial charge in [0.25, 0.3) is 0 Å². The van der Waals surface area contributed by atoms with Gasteiger partial charge in [-0.15, -0.1) is 0 Å². The zero-order valence-corrected chi connectivity index (χ0v) is 9.41. The zero-order chi connectivity index (χ0) is 13.0. The fraction of sp³-hybridized carbons (Fsp3) is 0. The Balaban J connectivity index is 2.30. The summed E-state index contributed by atoms with van der Waals surface area (Å²) < 4.78 is 9.57. The topological polar surface area (TPSA) is 113 Å². The van der Waals surface area contributed by atoms with Gasteiger partial charge in [0.2, 0.25) is 0 Å². The Bertz CT molecular complexity index is 591. The number of hydrogen-bond acceptors (Lipinski definition) is 6. The van der Waals surface area contributed by atoms with Gasteiger partial charge in [-0.2, -0.15) is 0 Å². The molecule has 7 heteroatoms. The molecule has 2 aromatic rings. The van der Waals surface area contributed by atoms with Crippen LogP contribution in [0.5, 0.6) is 5.75 Å². The lowest BCUT2D eigenvalue weighted by Crippen LogP contribution is -2.15. The predicted octanol–water partition coefficient (Wildman–Crippen LogP) is 1.21. The Morgan fingerprint density at radius 1 is 1.44 bits per heavy atom. The Hall–Kier alpha value is -2.83. The average molecular weight is 245 g/mol. The van der Waals surface area contributed by atoms with Crippen LogP contribution < -0.4 is 16.2 Å². The van der Waals surface area contributed by atoms with E-state index in [1.54, 1.807) is 24.3 Å². The second kappa shape index (κ2) is 5.00. The lowest BCUT2D eigenvalue weighted by Gasteiger charge is -2.01. The molecule has 0 aliphatic carbocycles. The molecule has 0 amide bonds. The summed E-state index contributed by atoms with van der Waals surface area (Å²) >= 11 is 0. The van der Waals surface area contributed by atoms with Gasteiger partial charge < -0.3 is 16.2 Å². The molecule has 2 rings (SSSR count). The van der Waals surface area contributed by atoms with Crippen LogP contribution in [0.2, 0.25) is 0 Å². The molecule has 0 saturated heterocycles. The van der Waals surface area contributed by atoms with Gasteiger partial charge in [-0.25, -0.2) is 9.62 Å². The van der Waals surface area contributed by atoms with E-state index in [1.165, 1.54) is 6.26 Å². The highest BCUT2D eigenvalue weighted by Gasteiger charge is 2.10.